The van der Waals surface area contributed by atoms with E-state index in [1.165, 1.54) is 6.42 Å². The zero-order valence-electron chi connectivity index (χ0n) is 7.74. The molecule has 2 rings (SSSR count). The Kier molecular flexibility index (Phi) is 2.26. The second kappa shape index (κ2) is 3.27. The Bertz CT molecular complexity index is 207. The highest BCUT2D eigenvalue weighted by atomic mass is 16.6. The highest BCUT2D eigenvalue weighted by Crippen LogP contribution is 2.24. The lowest BCUT2D eigenvalue weighted by atomic mass is 10.1. The average Bonchev–Trinajstić information content (AvgIpc) is 2.90. The van der Waals surface area contributed by atoms with Crippen LogP contribution in [-0.2, 0) is 4.74 Å². The van der Waals surface area contributed by atoms with Crippen molar-refractivity contribution in [1.82, 2.24) is 0 Å². The normalized spacial score (nSPS) is 31.2. The van der Waals surface area contributed by atoms with Crippen LogP contribution < -0.4 is 0 Å². The minimum atomic E-state index is -0.671. The molecule has 0 bridgehead atoms. The largest absolute Gasteiger partial charge is 0.513 e. The van der Waals surface area contributed by atoms with Gasteiger partial charge in [-0.25, -0.2) is 4.48 Å². The second-order valence-electron chi connectivity index (χ2n) is 4.07. The van der Waals surface area contributed by atoms with Gasteiger partial charge in [0.2, 0.25) is 0 Å². The van der Waals surface area contributed by atoms with E-state index in [4.69, 9.17) is 4.74 Å². The first-order valence-corrected chi connectivity index (χ1v) is 4.94. The van der Waals surface area contributed by atoms with Crippen LogP contribution in [0, 0.1) is 0 Å². The van der Waals surface area contributed by atoms with E-state index in [0.29, 0.717) is 6.54 Å². The van der Waals surface area contributed by atoms with E-state index in [0.717, 1.165) is 32.5 Å². The smallest absolute Gasteiger partial charge is 0.435 e. The molecule has 2 aliphatic rings. The molecular formula is C9H16NO3+. The molecule has 2 saturated heterocycles. The summed E-state index contributed by atoms with van der Waals surface area (Å²) in [6.45, 7) is 3.01. The third kappa shape index (κ3) is 1.84. The third-order valence-electron chi connectivity index (χ3n) is 3.03. The highest BCUT2D eigenvalue weighted by molar-refractivity contribution is 5.56. The lowest BCUT2D eigenvalue weighted by Crippen LogP contribution is -2.56. The number of piperidine rings is 1. The molecule has 0 aromatic heterocycles. The molecular weight excluding hydrogens is 170 g/mol. The molecule has 13 heavy (non-hydrogen) atoms. The summed E-state index contributed by atoms with van der Waals surface area (Å²) in [7, 11) is 0. The highest BCUT2D eigenvalue weighted by Gasteiger charge is 2.43. The summed E-state index contributed by atoms with van der Waals surface area (Å²) in [5.74, 6) is 0. The van der Waals surface area contributed by atoms with Crippen LogP contribution in [-0.4, -0.2) is 48.0 Å². The van der Waals surface area contributed by atoms with Crippen LogP contribution in [0.1, 0.15) is 19.3 Å². The van der Waals surface area contributed by atoms with Gasteiger partial charge in [-0.05, 0) is 19.3 Å². The van der Waals surface area contributed by atoms with Gasteiger partial charge in [0.15, 0.2) is 0 Å². The summed E-state index contributed by atoms with van der Waals surface area (Å²) in [6, 6.07) is 0. The lowest BCUT2D eigenvalue weighted by Gasteiger charge is -2.35. The summed E-state index contributed by atoms with van der Waals surface area (Å²) in [4.78, 5) is 11.2. The number of epoxide rings is 1. The van der Waals surface area contributed by atoms with E-state index in [2.05, 4.69) is 0 Å². The Balaban J connectivity index is 2.02. The number of amides is 1. The van der Waals surface area contributed by atoms with Crippen molar-refractivity contribution < 1.29 is 19.1 Å². The number of carboxylic acid groups (broad SMARTS) is 1. The first-order chi connectivity index (χ1) is 6.23. The fourth-order valence-electron chi connectivity index (χ4n) is 2.13. The molecule has 2 fully saturated rings. The molecule has 4 nitrogen and oxygen atoms in total. The van der Waals surface area contributed by atoms with Crippen molar-refractivity contribution in [2.45, 2.75) is 25.4 Å². The number of hydrogen-bond donors (Lipinski definition) is 1. The van der Waals surface area contributed by atoms with E-state index in [9.17, 15) is 9.90 Å². The summed E-state index contributed by atoms with van der Waals surface area (Å²) in [6.07, 6.45) is 2.81. The SMILES string of the molecule is O=C(O)[N+]1(CC2CO2)CCCCC1. The van der Waals surface area contributed by atoms with Crippen LogP contribution in [0.25, 0.3) is 0 Å². The van der Waals surface area contributed by atoms with Crippen molar-refractivity contribution >= 4 is 6.09 Å². The first-order valence-electron chi connectivity index (χ1n) is 4.94. The molecule has 2 heterocycles. The Hall–Kier alpha value is -0.610. The maximum absolute atomic E-state index is 11.2. The number of carbonyl (C=O) groups is 1. The van der Waals surface area contributed by atoms with Crippen molar-refractivity contribution in [3.63, 3.8) is 0 Å². The predicted molar refractivity (Wildman–Crippen MR) is 46.5 cm³/mol. The van der Waals surface area contributed by atoms with E-state index >= 15 is 0 Å². The standard InChI is InChI=1S/C9H15NO3/c11-9(12)10(6-8-7-13-8)4-2-1-3-5-10/h8H,1-7H2/p+1. The van der Waals surface area contributed by atoms with Gasteiger partial charge in [0.25, 0.3) is 0 Å². The molecule has 1 N–H and O–H groups in total. The molecule has 1 amide bonds. The Morgan fingerprint density at radius 3 is 2.46 bits per heavy atom. The monoisotopic (exact) mass is 186 g/mol. The van der Waals surface area contributed by atoms with Crippen LogP contribution in [0.5, 0.6) is 0 Å². The summed E-state index contributed by atoms with van der Waals surface area (Å²) in [5.41, 5.74) is 0. The molecule has 1 atom stereocenters. The summed E-state index contributed by atoms with van der Waals surface area (Å²) >= 11 is 0. The Labute approximate surface area is 77.7 Å². The van der Waals surface area contributed by atoms with Gasteiger partial charge in [0, 0.05) is 0 Å². The summed E-state index contributed by atoms with van der Waals surface area (Å²) < 4.78 is 5.35. The van der Waals surface area contributed by atoms with E-state index in [1.807, 2.05) is 0 Å². The van der Waals surface area contributed by atoms with Crippen molar-refractivity contribution in [2.75, 3.05) is 26.2 Å². The number of nitrogens with zero attached hydrogens (tertiary/aromatic N) is 1. The molecule has 74 valence electrons. The van der Waals surface area contributed by atoms with Crippen LogP contribution >= 0.6 is 0 Å². The van der Waals surface area contributed by atoms with Crippen LogP contribution in [0.3, 0.4) is 0 Å². The molecule has 0 radical (unpaired) electrons. The number of hydrogen-bond acceptors (Lipinski definition) is 2. The maximum atomic E-state index is 11.2. The topological polar surface area (TPSA) is 49.8 Å². The van der Waals surface area contributed by atoms with Gasteiger partial charge >= 0.3 is 6.09 Å². The van der Waals surface area contributed by atoms with Gasteiger partial charge in [0.05, 0.1) is 19.7 Å². The number of rotatable bonds is 2. The molecule has 0 aromatic carbocycles. The van der Waals surface area contributed by atoms with Gasteiger partial charge in [0.1, 0.15) is 12.6 Å². The minimum Gasteiger partial charge on any atom is -0.435 e. The molecule has 0 aliphatic carbocycles. The zero-order valence-corrected chi connectivity index (χ0v) is 7.74. The van der Waals surface area contributed by atoms with Crippen LogP contribution in [0.4, 0.5) is 4.79 Å². The van der Waals surface area contributed by atoms with Gasteiger partial charge in [-0.3, -0.25) is 0 Å². The minimum absolute atomic E-state index is 0.217. The fraction of sp³-hybridized carbons (Fsp3) is 0.889. The molecule has 2 aliphatic heterocycles. The third-order valence-corrected chi connectivity index (χ3v) is 3.03. The maximum Gasteiger partial charge on any atom is 0.513 e. The van der Waals surface area contributed by atoms with E-state index in [-0.39, 0.29) is 10.6 Å². The lowest BCUT2D eigenvalue weighted by molar-refractivity contribution is -0.863. The Morgan fingerprint density at radius 2 is 2.00 bits per heavy atom. The van der Waals surface area contributed by atoms with Crippen molar-refractivity contribution in [3.05, 3.63) is 0 Å². The molecule has 4 heteroatoms. The van der Waals surface area contributed by atoms with E-state index < -0.39 is 6.09 Å². The summed E-state index contributed by atoms with van der Waals surface area (Å²) in [5, 5.41) is 9.18. The molecule has 0 spiro atoms. The van der Waals surface area contributed by atoms with Gasteiger partial charge < -0.3 is 9.84 Å². The van der Waals surface area contributed by atoms with Crippen molar-refractivity contribution in [1.29, 1.82) is 0 Å². The first kappa shape index (κ1) is 8.97. The van der Waals surface area contributed by atoms with Crippen LogP contribution in [0.15, 0.2) is 0 Å². The fourth-order valence-corrected chi connectivity index (χ4v) is 2.13. The molecule has 1 unspecified atom stereocenters. The van der Waals surface area contributed by atoms with Gasteiger partial charge in [-0.2, -0.15) is 4.79 Å². The Morgan fingerprint density at radius 1 is 1.38 bits per heavy atom. The zero-order chi connectivity index (χ0) is 9.31. The average molecular weight is 186 g/mol. The number of likely N-dealkylation sites (tertiary alicyclic amines) is 1. The van der Waals surface area contributed by atoms with Crippen molar-refractivity contribution in [3.8, 4) is 0 Å². The number of quaternary nitrogens is 1. The predicted octanol–water partition coefficient (Wildman–Crippen LogP) is 1.06. The second-order valence-corrected chi connectivity index (χ2v) is 4.07. The molecule has 0 saturated carbocycles. The molecule has 0 aromatic rings. The van der Waals surface area contributed by atoms with E-state index in [1.54, 1.807) is 0 Å². The van der Waals surface area contributed by atoms with Gasteiger partial charge in [-0.15, -0.1) is 0 Å². The number of ether oxygens (including phenoxy) is 1. The van der Waals surface area contributed by atoms with Crippen molar-refractivity contribution in [2.24, 2.45) is 0 Å². The van der Waals surface area contributed by atoms with Crippen LogP contribution in [0.2, 0.25) is 0 Å². The quantitative estimate of drug-likeness (QED) is 0.518. The van der Waals surface area contributed by atoms with Gasteiger partial charge in [-0.1, -0.05) is 0 Å².